The first-order valence-corrected chi connectivity index (χ1v) is 16.0. The molecule has 0 aromatic heterocycles. The van der Waals surface area contributed by atoms with Crippen molar-refractivity contribution in [3.05, 3.63) is 87.9 Å². The summed E-state index contributed by atoms with van der Waals surface area (Å²) in [5, 5.41) is 3.62. The van der Waals surface area contributed by atoms with Gasteiger partial charge in [-0.25, -0.2) is 8.42 Å². The van der Waals surface area contributed by atoms with E-state index in [0.29, 0.717) is 40.2 Å². The zero-order chi connectivity index (χ0) is 30.9. The number of nitrogens with one attached hydrogen (secondary N) is 1. The van der Waals surface area contributed by atoms with Crippen LogP contribution < -0.4 is 14.4 Å². The van der Waals surface area contributed by atoms with Crippen molar-refractivity contribution in [2.75, 3.05) is 24.0 Å². The van der Waals surface area contributed by atoms with Crippen molar-refractivity contribution < 1.29 is 22.7 Å². The fourth-order valence-corrected chi connectivity index (χ4v) is 6.08. The molecule has 2 amide bonds. The maximum Gasteiger partial charge on any atom is 0.264 e. The maximum atomic E-state index is 14.0. The van der Waals surface area contributed by atoms with Crippen molar-refractivity contribution >= 4 is 50.7 Å². The third-order valence-electron chi connectivity index (χ3n) is 6.68. The third kappa shape index (κ3) is 8.63. The summed E-state index contributed by atoms with van der Waals surface area (Å²) < 4.78 is 34.5. The molecule has 1 N–H and O–H groups in total. The highest BCUT2D eigenvalue weighted by atomic mass is 35.5. The molecule has 42 heavy (non-hydrogen) atoms. The Balaban J connectivity index is 2.01. The summed E-state index contributed by atoms with van der Waals surface area (Å²) in [6.07, 6.45) is 1.68. The normalized spacial score (nSPS) is 12.0. The first-order valence-electron chi connectivity index (χ1n) is 13.8. The van der Waals surface area contributed by atoms with Gasteiger partial charge in [0.2, 0.25) is 11.8 Å². The van der Waals surface area contributed by atoms with Crippen molar-refractivity contribution in [1.82, 2.24) is 10.2 Å². The Morgan fingerprint density at radius 1 is 0.976 bits per heavy atom. The monoisotopic (exact) mass is 633 g/mol. The Bertz CT molecular complexity index is 1460. The molecule has 0 saturated heterocycles. The van der Waals surface area contributed by atoms with Gasteiger partial charge in [-0.2, -0.15) is 0 Å². The van der Waals surface area contributed by atoms with Crippen molar-refractivity contribution in [1.29, 1.82) is 0 Å². The summed E-state index contributed by atoms with van der Waals surface area (Å²) in [5.74, 6) is -0.393. The number of unbranched alkanes of at least 4 members (excludes halogenated alkanes) is 1. The van der Waals surface area contributed by atoms with Crippen molar-refractivity contribution in [2.45, 2.75) is 58.0 Å². The van der Waals surface area contributed by atoms with Crippen molar-refractivity contribution in [3.8, 4) is 5.75 Å². The summed E-state index contributed by atoms with van der Waals surface area (Å²) in [4.78, 5) is 28.4. The molecule has 0 aliphatic rings. The highest BCUT2D eigenvalue weighted by Crippen LogP contribution is 2.27. The fourth-order valence-electron chi connectivity index (χ4n) is 4.19. The van der Waals surface area contributed by atoms with Gasteiger partial charge in [0, 0.05) is 23.1 Å². The summed E-state index contributed by atoms with van der Waals surface area (Å²) in [6.45, 7) is 7.68. The molecular formula is C31H37Cl2N3O5S. The predicted molar refractivity (Wildman–Crippen MR) is 168 cm³/mol. The van der Waals surface area contributed by atoms with Gasteiger partial charge in [0.1, 0.15) is 18.3 Å². The first-order chi connectivity index (χ1) is 20.0. The minimum Gasteiger partial charge on any atom is -0.494 e. The van der Waals surface area contributed by atoms with Crippen LogP contribution >= 0.6 is 23.2 Å². The number of halogens is 2. The fraction of sp³-hybridized carbons (Fsp3) is 0.355. The molecule has 0 unspecified atom stereocenters. The number of carbonyl (C=O) groups is 2. The van der Waals surface area contributed by atoms with Gasteiger partial charge in [0.25, 0.3) is 10.0 Å². The highest BCUT2D eigenvalue weighted by molar-refractivity contribution is 7.92. The summed E-state index contributed by atoms with van der Waals surface area (Å²) in [5.41, 5.74) is 1.81. The third-order valence-corrected chi connectivity index (χ3v) is 9.05. The van der Waals surface area contributed by atoms with Crippen LogP contribution in [0.1, 0.15) is 44.7 Å². The van der Waals surface area contributed by atoms with Crippen molar-refractivity contribution in [3.63, 3.8) is 0 Å². The molecule has 0 aliphatic carbocycles. The molecule has 0 radical (unpaired) electrons. The van der Waals surface area contributed by atoms with E-state index < -0.39 is 28.5 Å². The average Bonchev–Trinajstić information content (AvgIpc) is 2.96. The Kier molecular flexibility index (Phi) is 12.1. The molecular weight excluding hydrogens is 597 g/mol. The van der Waals surface area contributed by atoms with Crippen LogP contribution in [-0.4, -0.2) is 50.9 Å². The number of nitrogens with zero attached hydrogens (tertiary/aromatic N) is 2. The number of sulfonamides is 1. The number of anilines is 1. The van der Waals surface area contributed by atoms with E-state index in [0.717, 1.165) is 22.7 Å². The lowest BCUT2D eigenvalue weighted by atomic mass is 10.1. The second kappa shape index (κ2) is 15.3. The van der Waals surface area contributed by atoms with E-state index in [9.17, 15) is 18.0 Å². The standard InChI is InChI=1S/C31H37Cl2N3O5S/c1-5-7-18-34-31(38)23(4)35(20-24-10-11-25(32)19-29(24)33)30(37)21-36(26-12-8-22(3)9-13-26)42(39,40)28-16-14-27(15-17-28)41-6-2/h8-17,19,23H,5-7,18,20-21H2,1-4H3,(H,34,38)/t23-/m0/s1. The van der Waals surface area contributed by atoms with E-state index in [4.69, 9.17) is 27.9 Å². The Morgan fingerprint density at radius 3 is 2.24 bits per heavy atom. The number of hydrogen-bond acceptors (Lipinski definition) is 5. The Morgan fingerprint density at radius 2 is 1.64 bits per heavy atom. The van der Waals surface area contributed by atoms with Gasteiger partial charge in [-0.3, -0.25) is 13.9 Å². The van der Waals surface area contributed by atoms with Gasteiger partial charge in [-0.15, -0.1) is 0 Å². The summed E-state index contributed by atoms with van der Waals surface area (Å²) >= 11 is 12.5. The number of benzene rings is 3. The molecule has 3 rings (SSSR count). The van der Waals surface area contributed by atoms with E-state index in [1.165, 1.54) is 17.0 Å². The first kappa shape index (κ1) is 33.2. The van der Waals surface area contributed by atoms with E-state index in [2.05, 4.69) is 5.32 Å². The van der Waals surface area contributed by atoms with E-state index in [1.807, 2.05) is 20.8 Å². The number of amides is 2. The summed E-state index contributed by atoms with van der Waals surface area (Å²) in [7, 11) is -4.19. The molecule has 0 fully saturated rings. The van der Waals surface area contributed by atoms with Crippen LogP contribution in [0.4, 0.5) is 5.69 Å². The van der Waals surface area contributed by atoms with Crippen LogP contribution in [0.3, 0.4) is 0 Å². The number of aryl methyl sites for hydroxylation is 1. The van der Waals surface area contributed by atoms with E-state index in [-0.39, 0.29) is 17.3 Å². The Hall–Kier alpha value is -3.27. The van der Waals surface area contributed by atoms with Gasteiger partial charge in [-0.1, -0.05) is 60.3 Å². The lowest BCUT2D eigenvalue weighted by molar-refractivity contribution is -0.139. The number of ether oxygens (including phenoxy) is 1. The molecule has 0 saturated carbocycles. The largest absolute Gasteiger partial charge is 0.494 e. The SMILES string of the molecule is CCCCNC(=O)[C@H](C)N(Cc1ccc(Cl)cc1Cl)C(=O)CN(c1ccc(C)cc1)S(=O)(=O)c1ccc(OCC)cc1. The minimum absolute atomic E-state index is 0.00280. The molecule has 11 heteroatoms. The highest BCUT2D eigenvalue weighted by Gasteiger charge is 2.32. The van der Waals surface area contributed by atoms with Gasteiger partial charge >= 0.3 is 0 Å². The molecule has 8 nitrogen and oxygen atoms in total. The molecule has 3 aromatic rings. The topological polar surface area (TPSA) is 96.0 Å². The van der Waals surface area contributed by atoms with E-state index in [1.54, 1.807) is 61.5 Å². The molecule has 3 aromatic carbocycles. The predicted octanol–water partition coefficient (Wildman–Crippen LogP) is 6.23. The van der Waals surface area contributed by atoms with Gasteiger partial charge in [-0.05, 0) is 81.3 Å². The molecule has 0 bridgehead atoms. The number of carbonyl (C=O) groups excluding carboxylic acids is 2. The van der Waals surface area contributed by atoms with Gasteiger partial charge in [0.15, 0.2) is 0 Å². The zero-order valence-electron chi connectivity index (χ0n) is 24.3. The number of rotatable bonds is 14. The van der Waals surface area contributed by atoms with Crippen LogP contribution in [-0.2, 0) is 26.2 Å². The lowest BCUT2D eigenvalue weighted by Gasteiger charge is -2.32. The molecule has 1 atom stereocenters. The Labute approximate surface area is 258 Å². The number of hydrogen-bond donors (Lipinski definition) is 1. The summed E-state index contributed by atoms with van der Waals surface area (Å²) in [6, 6.07) is 16.9. The average molecular weight is 635 g/mol. The molecule has 0 heterocycles. The molecule has 0 spiro atoms. The van der Waals surface area contributed by atoms with Crippen LogP contribution in [0.25, 0.3) is 0 Å². The molecule has 226 valence electrons. The van der Waals surface area contributed by atoms with E-state index >= 15 is 0 Å². The molecule has 0 aliphatic heterocycles. The quantitative estimate of drug-likeness (QED) is 0.212. The minimum atomic E-state index is -4.19. The second-order valence-corrected chi connectivity index (χ2v) is 12.5. The van der Waals surface area contributed by atoms with Crippen LogP contribution in [0.15, 0.2) is 71.6 Å². The van der Waals surface area contributed by atoms with Crippen LogP contribution in [0.2, 0.25) is 10.0 Å². The zero-order valence-corrected chi connectivity index (χ0v) is 26.6. The van der Waals surface area contributed by atoms with Gasteiger partial charge in [0.05, 0.1) is 17.2 Å². The lowest BCUT2D eigenvalue weighted by Crippen LogP contribution is -2.51. The maximum absolute atomic E-state index is 14.0. The van der Waals surface area contributed by atoms with Gasteiger partial charge < -0.3 is 15.0 Å². The van der Waals surface area contributed by atoms with Crippen LogP contribution in [0.5, 0.6) is 5.75 Å². The van der Waals surface area contributed by atoms with Crippen LogP contribution in [0, 0.1) is 6.92 Å². The second-order valence-electron chi connectivity index (χ2n) is 9.83. The smallest absolute Gasteiger partial charge is 0.264 e. The van der Waals surface area contributed by atoms with Crippen molar-refractivity contribution in [2.24, 2.45) is 0 Å².